The normalized spacial score (nSPS) is 17.9. The summed E-state index contributed by atoms with van der Waals surface area (Å²) in [6, 6.07) is 9.46. The summed E-state index contributed by atoms with van der Waals surface area (Å²) in [7, 11) is 1.61. The zero-order valence-corrected chi connectivity index (χ0v) is 15.1. The molecule has 25 heavy (non-hydrogen) atoms. The van der Waals surface area contributed by atoms with E-state index in [2.05, 4.69) is 0 Å². The van der Waals surface area contributed by atoms with Crippen molar-refractivity contribution in [3.05, 3.63) is 35.9 Å². The number of aliphatic carboxylic acids is 1. The van der Waals surface area contributed by atoms with Crippen LogP contribution < -0.4 is 0 Å². The number of piperidine rings is 1. The molecule has 1 aliphatic heterocycles. The molecule has 0 saturated carbocycles. The first-order valence-corrected chi connectivity index (χ1v) is 8.55. The van der Waals surface area contributed by atoms with Crippen molar-refractivity contribution < 1.29 is 19.5 Å². The number of amides is 2. The zero-order chi connectivity index (χ0) is 18.6. The van der Waals surface area contributed by atoms with Crippen molar-refractivity contribution in [2.24, 2.45) is 5.92 Å². The van der Waals surface area contributed by atoms with Crippen LogP contribution in [0.2, 0.25) is 0 Å². The third-order valence-corrected chi connectivity index (χ3v) is 4.87. The molecule has 1 saturated heterocycles. The lowest BCUT2D eigenvalue weighted by Gasteiger charge is -2.34. The van der Waals surface area contributed by atoms with E-state index in [0.717, 1.165) is 5.56 Å². The summed E-state index contributed by atoms with van der Waals surface area (Å²) in [6.45, 7) is 4.41. The van der Waals surface area contributed by atoms with Crippen LogP contribution in [-0.4, -0.2) is 59.4 Å². The summed E-state index contributed by atoms with van der Waals surface area (Å²) in [5.41, 5.74) is 0.158. The number of likely N-dealkylation sites (tertiary alicyclic amines) is 1. The van der Waals surface area contributed by atoms with E-state index in [1.165, 1.54) is 4.90 Å². The Labute approximate surface area is 148 Å². The SMILES string of the molecule is CN(CC(=O)N1CCCC(C(=O)O)C1)C(=O)C(C)(C)c1ccccc1. The number of hydrogen-bond acceptors (Lipinski definition) is 3. The second-order valence-corrected chi connectivity index (χ2v) is 7.17. The highest BCUT2D eigenvalue weighted by Crippen LogP contribution is 2.25. The van der Waals surface area contributed by atoms with Crippen LogP contribution in [0.5, 0.6) is 0 Å². The third kappa shape index (κ3) is 4.38. The van der Waals surface area contributed by atoms with Crippen LogP contribution in [0.4, 0.5) is 0 Å². The van der Waals surface area contributed by atoms with Gasteiger partial charge in [0.1, 0.15) is 0 Å². The molecule has 1 aromatic carbocycles. The lowest BCUT2D eigenvalue weighted by Crippen LogP contribution is -2.49. The maximum absolute atomic E-state index is 12.8. The second kappa shape index (κ2) is 7.68. The van der Waals surface area contributed by atoms with Crippen LogP contribution in [-0.2, 0) is 19.8 Å². The van der Waals surface area contributed by atoms with Crippen LogP contribution in [0.3, 0.4) is 0 Å². The van der Waals surface area contributed by atoms with Gasteiger partial charge in [-0.1, -0.05) is 30.3 Å². The molecule has 1 N–H and O–H groups in total. The van der Waals surface area contributed by atoms with Crippen LogP contribution in [0, 0.1) is 5.92 Å². The fourth-order valence-corrected chi connectivity index (χ4v) is 3.24. The maximum Gasteiger partial charge on any atom is 0.308 e. The molecule has 2 rings (SSSR count). The van der Waals surface area contributed by atoms with E-state index in [9.17, 15) is 14.4 Å². The number of carboxylic acid groups (broad SMARTS) is 1. The Morgan fingerprint density at radius 2 is 1.88 bits per heavy atom. The number of carbonyl (C=O) groups is 3. The molecule has 0 aliphatic carbocycles. The first kappa shape index (κ1) is 19.0. The van der Waals surface area contributed by atoms with Gasteiger partial charge in [-0.3, -0.25) is 14.4 Å². The van der Waals surface area contributed by atoms with Crippen molar-refractivity contribution in [1.29, 1.82) is 0 Å². The van der Waals surface area contributed by atoms with Gasteiger partial charge in [0.2, 0.25) is 11.8 Å². The van der Waals surface area contributed by atoms with Gasteiger partial charge in [0.25, 0.3) is 0 Å². The van der Waals surface area contributed by atoms with Crippen molar-refractivity contribution in [3.63, 3.8) is 0 Å². The van der Waals surface area contributed by atoms with Gasteiger partial charge in [-0.15, -0.1) is 0 Å². The highest BCUT2D eigenvalue weighted by molar-refractivity contribution is 5.91. The molecule has 136 valence electrons. The summed E-state index contributed by atoms with van der Waals surface area (Å²) < 4.78 is 0. The maximum atomic E-state index is 12.8. The van der Waals surface area contributed by atoms with Gasteiger partial charge in [-0.25, -0.2) is 0 Å². The average molecular weight is 346 g/mol. The minimum absolute atomic E-state index is 0.0402. The molecule has 0 bridgehead atoms. The highest BCUT2D eigenvalue weighted by Gasteiger charge is 2.34. The molecule has 1 atom stereocenters. The van der Waals surface area contributed by atoms with E-state index in [4.69, 9.17) is 5.11 Å². The minimum atomic E-state index is -0.868. The van der Waals surface area contributed by atoms with Gasteiger partial charge in [0, 0.05) is 20.1 Å². The Hall–Kier alpha value is -2.37. The van der Waals surface area contributed by atoms with Crippen molar-refractivity contribution >= 4 is 17.8 Å². The van der Waals surface area contributed by atoms with Gasteiger partial charge in [-0.2, -0.15) is 0 Å². The molecule has 1 aromatic rings. The smallest absolute Gasteiger partial charge is 0.308 e. The Balaban J connectivity index is 2.01. The van der Waals surface area contributed by atoms with Crippen molar-refractivity contribution in [3.8, 4) is 0 Å². The molecule has 0 radical (unpaired) electrons. The fraction of sp³-hybridized carbons (Fsp3) is 0.526. The Morgan fingerprint density at radius 3 is 2.48 bits per heavy atom. The molecule has 1 heterocycles. The van der Waals surface area contributed by atoms with E-state index in [-0.39, 0.29) is 24.9 Å². The quantitative estimate of drug-likeness (QED) is 0.881. The molecule has 0 spiro atoms. The Morgan fingerprint density at radius 1 is 1.24 bits per heavy atom. The summed E-state index contributed by atoms with van der Waals surface area (Å²) >= 11 is 0. The van der Waals surface area contributed by atoms with Gasteiger partial charge in [0.05, 0.1) is 17.9 Å². The van der Waals surface area contributed by atoms with Crippen molar-refractivity contribution in [1.82, 2.24) is 9.80 Å². The molecule has 2 amide bonds. The van der Waals surface area contributed by atoms with Gasteiger partial charge >= 0.3 is 5.97 Å². The molecular formula is C19H26N2O4. The lowest BCUT2D eigenvalue weighted by molar-refractivity contribution is -0.148. The molecule has 0 aromatic heterocycles. The summed E-state index contributed by atoms with van der Waals surface area (Å²) in [5, 5.41) is 9.14. The summed E-state index contributed by atoms with van der Waals surface area (Å²) in [4.78, 5) is 39.4. The predicted molar refractivity (Wildman–Crippen MR) is 94.0 cm³/mol. The molecule has 1 fully saturated rings. The second-order valence-electron chi connectivity index (χ2n) is 7.17. The average Bonchev–Trinajstić information content (AvgIpc) is 2.61. The van der Waals surface area contributed by atoms with Crippen LogP contribution in [0.15, 0.2) is 30.3 Å². The minimum Gasteiger partial charge on any atom is -0.481 e. The molecular weight excluding hydrogens is 320 g/mol. The van der Waals surface area contributed by atoms with Crippen LogP contribution in [0.25, 0.3) is 0 Å². The number of carboxylic acids is 1. The highest BCUT2D eigenvalue weighted by atomic mass is 16.4. The van der Waals surface area contributed by atoms with E-state index >= 15 is 0 Å². The lowest BCUT2D eigenvalue weighted by atomic mass is 9.83. The number of carbonyl (C=O) groups excluding carboxylic acids is 2. The molecule has 1 aliphatic rings. The Kier molecular flexibility index (Phi) is 5.82. The van der Waals surface area contributed by atoms with Crippen molar-refractivity contribution in [2.45, 2.75) is 32.1 Å². The number of rotatable bonds is 5. The van der Waals surface area contributed by atoms with Gasteiger partial charge in [0.15, 0.2) is 0 Å². The molecule has 6 heteroatoms. The van der Waals surface area contributed by atoms with E-state index in [1.54, 1.807) is 11.9 Å². The zero-order valence-electron chi connectivity index (χ0n) is 15.1. The van der Waals surface area contributed by atoms with Crippen LogP contribution >= 0.6 is 0 Å². The summed E-state index contributed by atoms with van der Waals surface area (Å²) in [6.07, 6.45) is 1.27. The van der Waals surface area contributed by atoms with Gasteiger partial charge < -0.3 is 14.9 Å². The first-order valence-electron chi connectivity index (χ1n) is 8.55. The monoisotopic (exact) mass is 346 g/mol. The largest absolute Gasteiger partial charge is 0.481 e. The van der Waals surface area contributed by atoms with Gasteiger partial charge in [-0.05, 0) is 32.3 Å². The summed E-state index contributed by atoms with van der Waals surface area (Å²) in [5.74, 6) is -1.73. The number of likely N-dealkylation sites (N-methyl/N-ethyl adjacent to an activating group) is 1. The van der Waals surface area contributed by atoms with Crippen LogP contribution in [0.1, 0.15) is 32.3 Å². The standard InChI is InChI=1S/C19H26N2O4/c1-19(2,15-9-5-4-6-10-15)18(25)20(3)13-16(22)21-11-7-8-14(12-21)17(23)24/h4-6,9-10,14H,7-8,11-13H2,1-3H3,(H,23,24). The third-order valence-electron chi connectivity index (χ3n) is 4.87. The fourth-order valence-electron chi connectivity index (χ4n) is 3.24. The molecule has 6 nitrogen and oxygen atoms in total. The topological polar surface area (TPSA) is 77.9 Å². The number of hydrogen-bond donors (Lipinski definition) is 1. The number of benzene rings is 1. The predicted octanol–water partition coefficient (Wildman–Crippen LogP) is 1.75. The Bertz CT molecular complexity index is 642. The molecule has 1 unspecified atom stereocenters. The van der Waals surface area contributed by atoms with E-state index in [1.807, 2.05) is 44.2 Å². The van der Waals surface area contributed by atoms with E-state index in [0.29, 0.717) is 19.4 Å². The first-order chi connectivity index (χ1) is 11.7. The van der Waals surface area contributed by atoms with E-state index < -0.39 is 17.3 Å². The number of nitrogens with zero attached hydrogens (tertiary/aromatic N) is 2. The van der Waals surface area contributed by atoms with Crippen molar-refractivity contribution in [2.75, 3.05) is 26.7 Å².